The summed E-state index contributed by atoms with van der Waals surface area (Å²) in [6.45, 7) is 8.07. The highest BCUT2D eigenvalue weighted by Crippen LogP contribution is 2.31. The SMILES string of the molecule is CCF.CCc1ccncc1N(C1=CC=C(C)NC1)C1CCN(c2ncc(C#N)cn2)CC1. The van der Waals surface area contributed by atoms with Crippen LogP contribution in [0.5, 0.6) is 0 Å². The standard InChI is InChI=1S/C23H27N7.C2H5F/c1-3-19-6-9-25-16-22(19)30(21-5-4-17(2)26-15-21)20-7-10-29(11-8-20)23-27-13-18(12-24)14-28-23;1-2-3/h4-6,9,13-14,16,20,26H,3,7-8,10-11,15H2,1-2H3;2H2,1H3. The molecule has 1 saturated heterocycles. The molecule has 2 aromatic rings. The fourth-order valence-electron chi connectivity index (χ4n) is 4.12. The number of pyridine rings is 1. The third kappa shape index (κ3) is 6.07. The molecule has 174 valence electrons. The zero-order chi connectivity index (χ0) is 23.6. The first-order valence-corrected chi connectivity index (χ1v) is 11.5. The number of nitrogens with zero attached hydrogens (tertiary/aromatic N) is 6. The molecule has 0 radical (unpaired) electrons. The molecule has 8 heteroatoms. The summed E-state index contributed by atoms with van der Waals surface area (Å²) in [5.74, 6) is 0.701. The van der Waals surface area contributed by atoms with Crippen LogP contribution >= 0.6 is 0 Å². The molecule has 33 heavy (non-hydrogen) atoms. The van der Waals surface area contributed by atoms with Gasteiger partial charge in [-0.1, -0.05) is 6.92 Å². The van der Waals surface area contributed by atoms with Gasteiger partial charge in [0.15, 0.2) is 0 Å². The lowest BCUT2D eigenvalue weighted by Crippen LogP contribution is -2.47. The maximum absolute atomic E-state index is 10.3. The van der Waals surface area contributed by atoms with Crippen LogP contribution < -0.4 is 15.1 Å². The number of nitrogens with one attached hydrogen (secondary N) is 1. The fraction of sp³-hybridized carbons (Fsp3) is 0.440. The van der Waals surface area contributed by atoms with Gasteiger partial charge < -0.3 is 15.1 Å². The number of allylic oxidation sites excluding steroid dienone is 3. The smallest absolute Gasteiger partial charge is 0.225 e. The summed E-state index contributed by atoms with van der Waals surface area (Å²) >= 11 is 0. The van der Waals surface area contributed by atoms with Crippen molar-refractivity contribution in [2.45, 2.75) is 46.1 Å². The first kappa shape index (κ1) is 24.2. The van der Waals surface area contributed by atoms with Crippen molar-refractivity contribution in [3.05, 3.63) is 65.5 Å². The van der Waals surface area contributed by atoms with Crippen LogP contribution in [0.1, 0.15) is 44.7 Å². The summed E-state index contributed by atoms with van der Waals surface area (Å²) in [7, 11) is 0. The third-order valence-electron chi connectivity index (χ3n) is 5.79. The number of aromatic nitrogens is 3. The Morgan fingerprint density at radius 2 is 1.88 bits per heavy atom. The molecule has 0 amide bonds. The summed E-state index contributed by atoms with van der Waals surface area (Å²) in [6.07, 6.45) is 14.4. The lowest BCUT2D eigenvalue weighted by molar-refractivity contribution is 0.474. The highest BCUT2D eigenvalue weighted by molar-refractivity contribution is 5.59. The Kier molecular flexibility index (Phi) is 8.76. The van der Waals surface area contributed by atoms with Crippen LogP contribution in [0.15, 0.2) is 54.4 Å². The molecule has 0 atom stereocenters. The Bertz CT molecular complexity index is 1000. The Balaban J connectivity index is 0.000000968. The number of aryl methyl sites for hydroxylation is 1. The van der Waals surface area contributed by atoms with Crippen molar-refractivity contribution in [1.82, 2.24) is 20.3 Å². The van der Waals surface area contributed by atoms with Gasteiger partial charge in [-0.2, -0.15) is 5.26 Å². The predicted molar refractivity (Wildman–Crippen MR) is 130 cm³/mol. The molecule has 7 nitrogen and oxygen atoms in total. The molecule has 0 bridgehead atoms. The second-order valence-corrected chi connectivity index (χ2v) is 7.96. The molecule has 0 spiro atoms. The number of anilines is 2. The monoisotopic (exact) mass is 449 g/mol. The van der Waals surface area contributed by atoms with E-state index in [1.165, 1.54) is 29.6 Å². The van der Waals surface area contributed by atoms with Crippen molar-refractivity contribution in [2.75, 3.05) is 36.1 Å². The molecule has 4 rings (SSSR count). The Morgan fingerprint density at radius 1 is 1.18 bits per heavy atom. The van der Waals surface area contributed by atoms with Crippen LogP contribution in [-0.2, 0) is 6.42 Å². The van der Waals surface area contributed by atoms with Crippen LogP contribution in [0, 0.1) is 11.3 Å². The number of alkyl halides is 1. The summed E-state index contributed by atoms with van der Waals surface area (Å²) < 4.78 is 10.3. The van der Waals surface area contributed by atoms with E-state index in [0.29, 0.717) is 17.6 Å². The van der Waals surface area contributed by atoms with Crippen LogP contribution in [0.4, 0.5) is 16.0 Å². The van der Waals surface area contributed by atoms with Gasteiger partial charge in [-0.15, -0.1) is 0 Å². The number of piperidine rings is 1. The number of halogens is 1. The van der Waals surface area contributed by atoms with Gasteiger partial charge in [-0.3, -0.25) is 9.37 Å². The van der Waals surface area contributed by atoms with Crippen molar-refractivity contribution in [2.24, 2.45) is 0 Å². The Hall–Kier alpha value is -3.47. The minimum Gasteiger partial charge on any atom is -0.383 e. The molecular formula is C25H32FN7. The zero-order valence-corrected chi connectivity index (χ0v) is 19.6. The number of rotatable bonds is 5. The van der Waals surface area contributed by atoms with E-state index in [1.807, 2.05) is 12.4 Å². The van der Waals surface area contributed by atoms with Gasteiger partial charge in [0.25, 0.3) is 0 Å². The van der Waals surface area contributed by atoms with E-state index < -0.39 is 0 Å². The van der Waals surface area contributed by atoms with Gasteiger partial charge in [0.05, 0.1) is 43.1 Å². The molecule has 4 heterocycles. The van der Waals surface area contributed by atoms with Crippen molar-refractivity contribution in [3.8, 4) is 6.07 Å². The first-order valence-electron chi connectivity index (χ1n) is 11.5. The van der Waals surface area contributed by atoms with Gasteiger partial charge in [-0.05, 0) is 56.9 Å². The summed E-state index contributed by atoms with van der Waals surface area (Å²) in [5.41, 5.74) is 5.47. The maximum Gasteiger partial charge on any atom is 0.225 e. The Labute approximate surface area is 195 Å². The molecule has 1 N–H and O–H groups in total. The summed E-state index contributed by atoms with van der Waals surface area (Å²) in [4.78, 5) is 17.9. The second-order valence-electron chi connectivity index (χ2n) is 7.96. The number of dihydropyridines is 1. The van der Waals surface area contributed by atoms with E-state index in [2.05, 4.69) is 68.2 Å². The molecule has 0 unspecified atom stereocenters. The molecule has 2 aromatic heterocycles. The number of nitriles is 1. The minimum atomic E-state index is -0.250. The zero-order valence-electron chi connectivity index (χ0n) is 19.6. The molecule has 0 aromatic carbocycles. The Morgan fingerprint density at radius 3 is 2.45 bits per heavy atom. The van der Waals surface area contributed by atoms with Gasteiger partial charge in [0, 0.05) is 36.7 Å². The van der Waals surface area contributed by atoms with Gasteiger partial charge in [0.2, 0.25) is 5.95 Å². The van der Waals surface area contributed by atoms with E-state index >= 15 is 0 Å². The average molecular weight is 450 g/mol. The first-order chi connectivity index (χ1) is 16.1. The van der Waals surface area contributed by atoms with Crippen molar-refractivity contribution >= 4 is 11.6 Å². The quantitative estimate of drug-likeness (QED) is 0.734. The highest BCUT2D eigenvalue weighted by atomic mass is 19.1. The molecule has 2 aliphatic heterocycles. The van der Waals surface area contributed by atoms with Crippen LogP contribution in [0.2, 0.25) is 0 Å². The van der Waals surface area contributed by atoms with Gasteiger partial charge in [0.1, 0.15) is 6.07 Å². The molecule has 0 saturated carbocycles. The normalized spacial score (nSPS) is 15.9. The largest absolute Gasteiger partial charge is 0.383 e. The highest BCUT2D eigenvalue weighted by Gasteiger charge is 2.29. The average Bonchev–Trinajstić information content (AvgIpc) is 2.87. The van der Waals surface area contributed by atoms with Gasteiger partial charge >= 0.3 is 0 Å². The van der Waals surface area contributed by atoms with Crippen molar-refractivity contribution in [1.29, 1.82) is 5.26 Å². The number of hydrogen-bond donors (Lipinski definition) is 1. The molecule has 2 aliphatic rings. The van der Waals surface area contributed by atoms with Crippen molar-refractivity contribution < 1.29 is 4.39 Å². The van der Waals surface area contributed by atoms with E-state index in [-0.39, 0.29) is 6.67 Å². The molecule has 0 aliphatic carbocycles. The minimum absolute atomic E-state index is 0.250. The van der Waals surface area contributed by atoms with Crippen LogP contribution in [-0.4, -0.2) is 47.3 Å². The van der Waals surface area contributed by atoms with Crippen LogP contribution in [0.3, 0.4) is 0 Å². The van der Waals surface area contributed by atoms with E-state index in [0.717, 1.165) is 38.9 Å². The fourth-order valence-corrected chi connectivity index (χ4v) is 4.12. The second kappa shape index (κ2) is 12.0. The predicted octanol–water partition coefficient (Wildman–Crippen LogP) is 4.15. The van der Waals surface area contributed by atoms with Crippen LogP contribution in [0.25, 0.3) is 0 Å². The van der Waals surface area contributed by atoms with Crippen molar-refractivity contribution in [3.63, 3.8) is 0 Å². The topological polar surface area (TPSA) is 81.0 Å². The molecular weight excluding hydrogens is 417 g/mol. The summed E-state index contributed by atoms with van der Waals surface area (Å²) in [6, 6.07) is 4.58. The van der Waals surface area contributed by atoms with E-state index in [4.69, 9.17) is 5.26 Å². The lowest BCUT2D eigenvalue weighted by Gasteiger charge is -2.42. The third-order valence-corrected chi connectivity index (χ3v) is 5.79. The van der Waals surface area contributed by atoms with E-state index in [1.54, 1.807) is 12.4 Å². The van der Waals surface area contributed by atoms with Gasteiger partial charge in [-0.25, -0.2) is 9.97 Å². The van der Waals surface area contributed by atoms with E-state index in [9.17, 15) is 4.39 Å². The maximum atomic E-state index is 10.3. The molecule has 1 fully saturated rings. The summed E-state index contributed by atoms with van der Waals surface area (Å²) in [5, 5.41) is 12.4. The number of hydrogen-bond acceptors (Lipinski definition) is 7. The lowest BCUT2D eigenvalue weighted by atomic mass is 9.99.